The number of fused-ring (bicyclic) bond motifs is 1. The van der Waals surface area contributed by atoms with Crippen molar-refractivity contribution >= 4 is 23.3 Å². The summed E-state index contributed by atoms with van der Waals surface area (Å²) in [5.41, 5.74) is 2.46. The molecule has 2 aromatic heterocycles. The lowest BCUT2D eigenvalue weighted by molar-refractivity contribution is -0.00121. The van der Waals surface area contributed by atoms with Gasteiger partial charge < -0.3 is 14.5 Å². The van der Waals surface area contributed by atoms with Crippen LogP contribution in [0.2, 0.25) is 5.02 Å². The lowest BCUT2D eigenvalue weighted by atomic mass is 10.1. The molecule has 0 radical (unpaired) electrons. The van der Waals surface area contributed by atoms with Crippen molar-refractivity contribution in [2.45, 2.75) is 19.3 Å². The Balaban J connectivity index is 1.24. The van der Waals surface area contributed by atoms with Crippen LogP contribution < -0.4 is 4.90 Å². The van der Waals surface area contributed by atoms with Crippen LogP contribution in [0.4, 0.5) is 5.82 Å². The van der Waals surface area contributed by atoms with Crippen LogP contribution in [0.3, 0.4) is 0 Å². The van der Waals surface area contributed by atoms with Crippen molar-refractivity contribution in [1.29, 1.82) is 0 Å². The maximum absolute atomic E-state index is 13.0. The Morgan fingerprint density at radius 1 is 1.07 bits per heavy atom. The fraction of sp³-hybridized carbons (Fsp3) is 0.318. The number of halogens is 1. The van der Waals surface area contributed by atoms with E-state index >= 15 is 0 Å². The SMILES string of the molecule is O=C(c1cc2n(n1)C[C@H](c1ccc(Cl)cc1)OC2)N1CCN(c2ccccn2)CC1. The van der Waals surface area contributed by atoms with Gasteiger partial charge in [-0.1, -0.05) is 29.8 Å². The number of rotatable bonds is 3. The highest BCUT2D eigenvalue weighted by Gasteiger charge is 2.28. The Morgan fingerprint density at radius 2 is 1.87 bits per heavy atom. The average Bonchev–Trinajstić information content (AvgIpc) is 3.23. The van der Waals surface area contributed by atoms with Crippen LogP contribution >= 0.6 is 11.6 Å². The molecule has 8 heteroatoms. The second kappa shape index (κ2) is 8.08. The number of pyridine rings is 1. The summed E-state index contributed by atoms with van der Waals surface area (Å²) in [6, 6.07) is 15.4. The van der Waals surface area contributed by atoms with E-state index in [-0.39, 0.29) is 12.0 Å². The Bertz CT molecular complexity index is 1030. The largest absolute Gasteiger partial charge is 0.365 e. The minimum absolute atomic E-state index is 0.0272. The fourth-order valence-electron chi connectivity index (χ4n) is 3.95. The van der Waals surface area contributed by atoms with Crippen LogP contribution in [0.5, 0.6) is 0 Å². The molecular formula is C22H22ClN5O2. The Morgan fingerprint density at radius 3 is 2.60 bits per heavy atom. The van der Waals surface area contributed by atoms with Crippen molar-refractivity contribution in [3.05, 3.63) is 76.7 Å². The van der Waals surface area contributed by atoms with Gasteiger partial charge in [-0.2, -0.15) is 5.10 Å². The summed E-state index contributed by atoms with van der Waals surface area (Å²) in [4.78, 5) is 21.5. The van der Waals surface area contributed by atoms with E-state index in [9.17, 15) is 4.79 Å². The van der Waals surface area contributed by atoms with Crippen molar-refractivity contribution in [2.24, 2.45) is 0 Å². The van der Waals surface area contributed by atoms with Gasteiger partial charge in [0.25, 0.3) is 5.91 Å². The number of benzene rings is 1. The number of nitrogens with zero attached hydrogens (tertiary/aromatic N) is 5. The van der Waals surface area contributed by atoms with E-state index in [0.29, 0.717) is 37.0 Å². The van der Waals surface area contributed by atoms with Gasteiger partial charge in [-0.05, 0) is 35.9 Å². The third-order valence-corrected chi connectivity index (χ3v) is 5.89. The summed E-state index contributed by atoms with van der Waals surface area (Å²) in [7, 11) is 0. The summed E-state index contributed by atoms with van der Waals surface area (Å²) in [5, 5.41) is 5.29. The lowest BCUT2D eigenvalue weighted by Gasteiger charge is -2.35. The topological polar surface area (TPSA) is 63.5 Å². The first-order chi connectivity index (χ1) is 14.7. The molecule has 7 nitrogen and oxygen atoms in total. The van der Waals surface area contributed by atoms with Crippen molar-refractivity contribution < 1.29 is 9.53 Å². The maximum Gasteiger partial charge on any atom is 0.274 e. The van der Waals surface area contributed by atoms with Crippen LogP contribution in [0.15, 0.2) is 54.7 Å². The first kappa shape index (κ1) is 19.1. The predicted molar refractivity (Wildman–Crippen MR) is 114 cm³/mol. The first-order valence-electron chi connectivity index (χ1n) is 10.1. The highest BCUT2D eigenvalue weighted by Crippen LogP contribution is 2.27. The van der Waals surface area contributed by atoms with Crippen molar-refractivity contribution in [1.82, 2.24) is 19.7 Å². The van der Waals surface area contributed by atoms with E-state index in [1.165, 1.54) is 0 Å². The van der Waals surface area contributed by atoms with Crippen LogP contribution in [0.25, 0.3) is 0 Å². The average molecular weight is 424 g/mol. The van der Waals surface area contributed by atoms with Gasteiger partial charge in [0, 0.05) is 37.4 Å². The van der Waals surface area contributed by atoms with Crippen LogP contribution in [0, 0.1) is 0 Å². The molecule has 0 bridgehead atoms. The van der Waals surface area contributed by atoms with Gasteiger partial charge in [0.15, 0.2) is 5.69 Å². The van der Waals surface area contributed by atoms with Gasteiger partial charge in [-0.15, -0.1) is 0 Å². The molecule has 0 saturated carbocycles. The molecule has 4 heterocycles. The zero-order valence-electron chi connectivity index (χ0n) is 16.4. The minimum Gasteiger partial charge on any atom is -0.365 e. The van der Waals surface area contributed by atoms with E-state index in [1.54, 1.807) is 6.20 Å². The lowest BCUT2D eigenvalue weighted by Crippen LogP contribution is -2.49. The highest BCUT2D eigenvalue weighted by atomic mass is 35.5. The molecule has 3 aromatic rings. The normalized spacial score (nSPS) is 18.9. The number of carbonyl (C=O) groups excluding carboxylic acids is 1. The number of hydrogen-bond donors (Lipinski definition) is 0. The van der Waals surface area contributed by atoms with Crippen LogP contribution in [0.1, 0.15) is 27.8 Å². The predicted octanol–water partition coefficient (Wildman–Crippen LogP) is 3.17. The monoisotopic (exact) mass is 423 g/mol. The number of piperazine rings is 1. The molecule has 30 heavy (non-hydrogen) atoms. The van der Waals surface area contributed by atoms with Crippen molar-refractivity contribution in [3.63, 3.8) is 0 Å². The van der Waals surface area contributed by atoms with E-state index in [4.69, 9.17) is 16.3 Å². The summed E-state index contributed by atoms with van der Waals surface area (Å²) >= 11 is 5.98. The minimum atomic E-state index is -0.0977. The standard InChI is InChI=1S/C22H22ClN5O2/c23-17-6-4-16(5-7-17)20-14-28-18(15-30-20)13-19(25-28)22(29)27-11-9-26(10-12-27)21-3-1-2-8-24-21/h1-8,13,20H,9-12,14-15H2/t20-/m1/s1. The Labute approximate surface area is 179 Å². The number of aromatic nitrogens is 3. The quantitative estimate of drug-likeness (QED) is 0.647. The number of ether oxygens (including phenoxy) is 1. The third kappa shape index (κ3) is 3.78. The van der Waals surface area contributed by atoms with Crippen molar-refractivity contribution in [3.8, 4) is 0 Å². The molecule has 0 unspecified atom stereocenters. The Kier molecular flexibility index (Phi) is 5.14. The first-order valence-corrected chi connectivity index (χ1v) is 10.4. The van der Waals surface area contributed by atoms with E-state index < -0.39 is 0 Å². The van der Waals surface area contributed by atoms with Crippen molar-refractivity contribution in [2.75, 3.05) is 31.1 Å². The maximum atomic E-state index is 13.0. The number of carbonyl (C=O) groups is 1. The third-order valence-electron chi connectivity index (χ3n) is 5.64. The van der Waals surface area contributed by atoms with Gasteiger partial charge in [0.2, 0.25) is 0 Å². The number of hydrogen-bond acceptors (Lipinski definition) is 5. The van der Waals surface area contributed by atoms with E-state index in [1.807, 2.05) is 58.1 Å². The number of amides is 1. The summed E-state index contributed by atoms with van der Waals surface area (Å²) in [6.45, 7) is 3.85. The molecule has 1 aromatic carbocycles. The Hall–Kier alpha value is -2.90. The molecule has 5 rings (SSSR count). The zero-order valence-corrected chi connectivity index (χ0v) is 17.2. The van der Waals surface area contributed by atoms with Gasteiger partial charge in [0.05, 0.1) is 18.8 Å². The van der Waals surface area contributed by atoms with Gasteiger partial charge in [0.1, 0.15) is 11.9 Å². The number of anilines is 1. The smallest absolute Gasteiger partial charge is 0.274 e. The molecule has 1 fully saturated rings. The molecule has 154 valence electrons. The summed E-state index contributed by atoms with van der Waals surface area (Å²) in [5.74, 6) is 0.924. The van der Waals surface area contributed by atoms with Gasteiger partial charge in [-0.3, -0.25) is 9.48 Å². The molecule has 2 aliphatic rings. The van der Waals surface area contributed by atoms with Crippen LogP contribution in [-0.2, 0) is 17.9 Å². The second-order valence-electron chi connectivity index (χ2n) is 7.52. The molecule has 0 N–H and O–H groups in total. The van der Waals surface area contributed by atoms with E-state index in [0.717, 1.165) is 30.2 Å². The van der Waals surface area contributed by atoms with Gasteiger partial charge in [-0.25, -0.2) is 4.98 Å². The molecule has 1 amide bonds. The molecular weight excluding hydrogens is 402 g/mol. The zero-order chi connectivity index (χ0) is 20.5. The molecule has 1 saturated heterocycles. The summed E-state index contributed by atoms with van der Waals surface area (Å²) < 4.78 is 7.88. The van der Waals surface area contributed by atoms with E-state index in [2.05, 4.69) is 15.0 Å². The summed E-state index contributed by atoms with van der Waals surface area (Å²) in [6.07, 6.45) is 1.70. The highest BCUT2D eigenvalue weighted by molar-refractivity contribution is 6.30. The molecule has 0 aliphatic carbocycles. The molecule has 2 aliphatic heterocycles. The van der Waals surface area contributed by atoms with Gasteiger partial charge >= 0.3 is 0 Å². The molecule has 0 spiro atoms. The molecule has 1 atom stereocenters. The second-order valence-corrected chi connectivity index (χ2v) is 7.96. The fourth-order valence-corrected chi connectivity index (χ4v) is 4.08. The van der Waals surface area contributed by atoms with Crippen LogP contribution in [-0.4, -0.2) is 51.8 Å².